The van der Waals surface area contributed by atoms with Crippen molar-refractivity contribution in [2.75, 3.05) is 5.32 Å². The number of rotatable bonds is 3. The number of aromatic nitrogens is 3. The van der Waals surface area contributed by atoms with Crippen LogP contribution < -0.4 is 5.32 Å². The molecule has 0 aliphatic heterocycles. The molecule has 0 bridgehead atoms. The highest BCUT2D eigenvalue weighted by molar-refractivity contribution is 6.02. The Hall–Kier alpha value is -4.19. The van der Waals surface area contributed by atoms with Gasteiger partial charge in [0.25, 0.3) is 5.91 Å². The first-order valence-electron chi connectivity index (χ1n) is 9.10. The molecule has 9 heteroatoms. The van der Waals surface area contributed by atoms with E-state index < -0.39 is 17.6 Å². The predicted octanol–water partition coefficient (Wildman–Crippen LogP) is 4.85. The molecule has 6 nitrogen and oxygen atoms in total. The van der Waals surface area contributed by atoms with E-state index in [-0.39, 0.29) is 5.69 Å². The number of nitriles is 1. The van der Waals surface area contributed by atoms with Crippen molar-refractivity contribution in [2.45, 2.75) is 13.1 Å². The molecule has 154 valence electrons. The van der Waals surface area contributed by atoms with Crippen LogP contribution in [0.5, 0.6) is 0 Å². The highest BCUT2D eigenvalue weighted by Gasteiger charge is 2.30. The van der Waals surface area contributed by atoms with Crippen LogP contribution in [0.4, 0.5) is 18.9 Å². The predicted molar refractivity (Wildman–Crippen MR) is 107 cm³/mol. The molecule has 4 aromatic rings. The smallest absolute Gasteiger partial charge is 0.321 e. The number of alkyl halides is 3. The number of anilines is 1. The van der Waals surface area contributed by atoms with E-state index in [2.05, 4.69) is 15.3 Å². The fourth-order valence-electron chi connectivity index (χ4n) is 3.18. The second-order valence-corrected chi connectivity index (χ2v) is 6.76. The van der Waals surface area contributed by atoms with E-state index in [9.17, 15) is 18.0 Å². The molecule has 0 unspecified atom stereocenters. The van der Waals surface area contributed by atoms with Gasteiger partial charge < -0.3 is 5.32 Å². The molecule has 0 spiro atoms. The molecule has 0 fully saturated rings. The summed E-state index contributed by atoms with van der Waals surface area (Å²) in [5, 5.41) is 11.5. The van der Waals surface area contributed by atoms with Gasteiger partial charge in [0, 0.05) is 17.4 Å². The van der Waals surface area contributed by atoms with E-state index in [4.69, 9.17) is 5.26 Å². The molecule has 2 aromatic carbocycles. The Morgan fingerprint density at radius 1 is 1.10 bits per heavy atom. The third kappa shape index (κ3) is 3.96. The summed E-state index contributed by atoms with van der Waals surface area (Å²) in [4.78, 5) is 21.1. The number of halogens is 3. The molecule has 0 saturated carbocycles. The third-order valence-corrected chi connectivity index (χ3v) is 4.67. The maximum Gasteiger partial charge on any atom is 0.416 e. The molecule has 0 aliphatic rings. The van der Waals surface area contributed by atoms with Gasteiger partial charge in [-0.2, -0.15) is 18.4 Å². The van der Waals surface area contributed by atoms with Gasteiger partial charge in [0.15, 0.2) is 5.65 Å². The van der Waals surface area contributed by atoms with Crippen molar-refractivity contribution in [1.82, 2.24) is 14.4 Å². The Balaban J connectivity index is 1.68. The fraction of sp³-hybridized carbons (Fsp3) is 0.0909. The van der Waals surface area contributed by atoms with Gasteiger partial charge in [-0.15, -0.1) is 0 Å². The third-order valence-electron chi connectivity index (χ3n) is 4.67. The molecule has 2 aromatic heterocycles. The lowest BCUT2D eigenvalue weighted by Gasteiger charge is -2.09. The zero-order valence-electron chi connectivity index (χ0n) is 16.1. The number of hydrogen-bond donors (Lipinski definition) is 1. The number of nitrogens with one attached hydrogen (secondary N) is 1. The number of imidazole rings is 1. The highest BCUT2D eigenvalue weighted by Crippen LogP contribution is 2.32. The van der Waals surface area contributed by atoms with E-state index >= 15 is 0 Å². The van der Waals surface area contributed by atoms with Gasteiger partial charge in [0.1, 0.15) is 5.69 Å². The molecular weight excluding hydrogens is 407 g/mol. The minimum absolute atomic E-state index is 0.0995. The number of hydrogen-bond acceptors (Lipinski definition) is 4. The number of carbonyl (C=O) groups excluding carboxylic acids is 1. The van der Waals surface area contributed by atoms with Gasteiger partial charge in [0.05, 0.1) is 34.8 Å². The number of carbonyl (C=O) groups is 1. The van der Waals surface area contributed by atoms with Crippen LogP contribution in [0.2, 0.25) is 0 Å². The van der Waals surface area contributed by atoms with Crippen LogP contribution in [0.3, 0.4) is 0 Å². The summed E-state index contributed by atoms with van der Waals surface area (Å²) in [6.45, 7) is 1.73. The molecule has 2 heterocycles. The topological polar surface area (TPSA) is 83.1 Å². The van der Waals surface area contributed by atoms with Gasteiger partial charge in [0.2, 0.25) is 0 Å². The molecule has 31 heavy (non-hydrogen) atoms. The summed E-state index contributed by atoms with van der Waals surface area (Å²) in [6, 6.07) is 13.1. The normalized spacial score (nSPS) is 11.3. The first-order valence-corrected chi connectivity index (χ1v) is 9.10. The van der Waals surface area contributed by atoms with Crippen LogP contribution in [0, 0.1) is 18.3 Å². The van der Waals surface area contributed by atoms with Crippen molar-refractivity contribution in [3.8, 4) is 17.3 Å². The van der Waals surface area contributed by atoms with Crippen LogP contribution in [-0.2, 0) is 6.18 Å². The van der Waals surface area contributed by atoms with Crippen molar-refractivity contribution < 1.29 is 18.0 Å². The number of nitrogens with zero attached hydrogens (tertiary/aromatic N) is 4. The molecule has 0 aliphatic carbocycles. The van der Waals surface area contributed by atoms with E-state index in [1.807, 2.05) is 6.07 Å². The summed E-state index contributed by atoms with van der Waals surface area (Å²) in [7, 11) is 0. The molecule has 0 atom stereocenters. The van der Waals surface area contributed by atoms with E-state index in [1.165, 1.54) is 24.5 Å². The van der Waals surface area contributed by atoms with E-state index in [0.717, 1.165) is 12.1 Å². The van der Waals surface area contributed by atoms with Crippen molar-refractivity contribution in [1.29, 1.82) is 5.26 Å². The largest absolute Gasteiger partial charge is 0.416 e. The summed E-state index contributed by atoms with van der Waals surface area (Å²) < 4.78 is 40.2. The minimum Gasteiger partial charge on any atom is -0.321 e. The Morgan fingerprint density at radius 3 is 2.39 bits per heavy atom. The number of amides is 1. The van der Waals surface area contributed by atoms with Crippen molar-refractivity contribution in [3.05, 3.63) is 83.4 Å². The van der Waals surface area contributed by atoms with Crippen LogP contribution in [-0.4, -0.2) is 20.3 Å². The van der Waals surface area contributed by atoms with Gasteiger partial charge >= 0.3 is 6.18 Å². The standard InChI is InChI=1S/C22H14F3N5O/c1-13-20(15-4-6-16(7-5-15)22(23,24)25)30-12-18(27-11-19(30)28-13)21(31)29-17-8-2-14(10-26)3-9-17/h2-9,11-12H,1H3,(H,29,31). The van der Waals surface area contributed by atoms with Gasteiger partial charge in [-0.1, -0.05) is 12.1 Å². The van der Waals surface area contributed by atoms with Gasteiger partial charge in [-0.25, -0.2) is 9.97 Å². The second-order valence-electron chi connectivity index (χ2n) is 6.76. The summed E-state index contributed by atoms with van der Waals surface area (Å²) in [5.41, 5.74) is 2.47. The number of aryl methyl sites for hydroxylation is 1. The summed E-state index contributed by atoms with van der Waals surface area (Å²) in [5.74, 6) is -0.476. The Kier molecular flexibility index (Phi) is 4.91. The van der Waals surface area contributed by atoms with Crippen LogP contribution in [0.15, 0.2) is 60.9 Å². The Labute approximate surface area is 174 Å². The molecule has 0 saturated heterocycles. The van der Waals surface area contributed by atoms with Crippen LogP contribution >= 0.6 is 0 Å². The lowest BCUT2D eigenvalue weighted by molar-refractivity contribution is -0.137. The zero-order chi connectivity index (χ0) is 22.2. The van der Waals surface area contributed by atoms with Crippen molar-refractivity contribution in [2.24, 2.45) is 0 Å². The van der Waals surface area contributed by atoms with Crippen molar-refractivity contribution in [3.63, 3.8) is 0 Å². The van der Waals surface area contributed by atoms with Crippen LogP contribution in [0.25, 0.3) is 16.9 Å². The molecule has 4 rings (SSSR count). The zero-order valence-corrected chi connectivity index (χ0v) is 16.1. The van der Waals surface area contributed by atoms with E-state index in [1.54, 1.807) is 35.6 Å². The monoisotopic (exact) mass is 421 g/mol. The van der Waals surface area contributed by atoms with Crippen molar-refractivity contribution >= 4 is 17.2 Å². The average Bonchev–Trinajstić information content (AvgIpc) is 3.08. The first-order chi connectivity index (χ1) is 14.8. The SMILES string of the molecule is Cc1nc2cnc(C(=O)Nc3ccc(C#N)cc3)cn2c1-c1ccc(C(F)(F)F)cc1. The molecule has 1 amide bonds. The maximum atomic E-state index is 12.9. The lowest BCUT2D eigenvalue weighted by atomic mass is 10.1. The van der Waals surface area contributed by atoms with E-state index in [0.29, 0.717) is 33.8 Å². The molecule has 0 radical (unpaired) electrons. The highest BCUT2D eigenvalue weighted by atomic mass is 19.4. The molecular formula is C22H14F3N5O. The van der Waals surface area contributed by atoms with Gasteiger partial charge in [-0.05, 0) is 43.3 Å². The second kappa shape index (κ2) is 7.57. The summed E-state index contributed by atoms with van der Waals surface area (Å²) >= 11 is 0. The Bertz CT molecular complexity index is 1320. The Morgan fingerprint density at radius 2 is 1.77 bits per heavy atom. The first kappa shape index (κ1) is 20.1. The number of benzene rings is 2. The average molecular weight is 421 g/mol. The molecule has 1 N–H and O–H groups in total. The maximum absolute atomic E-state index is 12.9. The lowest BCUT2D eigenvalue weighted by Crippen LogP contribution is -2.14. The summed E-state index contributed by atoms with van der Waals surface area (Å²) in [6.07, 6.45) is -1.51. The quantitative estimate of drug-likeness (QED) is 0.513. The van der Waals surface area contributed by atoms with Gasteiger partial charge in [-0.3, -0.25) is 9.20 Å². The van der Waals surface area contributed by atoms with Crippen LogP contribution in [0.1, 0.15) is 27.3 Å². The number of fused-ring (bicyclic) bond motifs is 1. The fourth-order valence-corrected chi connectivity index (χ4v) is 3.18. The minimum atomic E-state index is -4.42.